The lowest BCUT2D eigenvalue weighted by atomic mass is 9.63. The lowest BCUT2D eigenvalue weighted by Gasteiger charge is -2.38. The van der Waals surface area contributed by atoms with Crippen molar-refractivity contribution < 1.29 is 27.5 Å². The third kappa shape index (κ3) is 2.42. The largest absolute Gasteiger partial charge is 0.465 e. The summed E-state index contributed by atoms with van der Waals surface area (Å²) in [5, 5.41) is 0. The summed E-state index contributed by atoms with van der Waals surface area (Å²) in [6.07, 6.45) is -4.69. The van der Waals surface area contributed by atoms with Crippen molar-refractivity contribution in [3.63, 3.8) is 0 Å². The molecule has 0 heterocycles. The van der Waals surface area contributed by atoms with Gasteiger partial charge in [0.15, 0.2) is 0 Å². The van der Waals surface area contributed by atoms with Crippen LogP contribution in [0.4, 0.5) is 13.2 Å². The number of esters is 1. The number of Topliss-reactive ketones (excluding diaryl/α,β-unsaturated/α-hetero) is 1. The summed E-state index contributed by atoms with van der Waals surface area (Å²) >= 11 is 0. The maximum Gasteiger partial charge on any atom is 0.416 e. The second-order valence-corrected chi connectivity index (χ2v) is 4.77. The van der Waals surface area contributed by atoms with Gasteiger partial charge in [-0.25, -0.2) is 0 Å². The Kier molecular flexibility index (Phi) is 3.58. The van der Waals surface area contributed by atoms with Crippen molar-refractivity contribution >= 4 is 11.8 Å². The molecule has 1 aromatic rings. The Morgan fingerprint density at radius 2 is 2.00 bits per heavy atom. The van der Waals surface area contributed by atoms with Crippen LogP contribution in [-0.2, 0) is 25.9 Å². The zero-order valence-corrected chi connectivity index (χ0v) is 10.8. The summed E-state index contributed by atoms with van der Waals surface area (Å²) in [5.41, 5.74) is -1.91. The molecule has 20 heavy (non-hydrogen) atoms. The van der Waals surface area contributed by atoms with Crippen molar-refractivity contribution in [2.45, 2.75) is 31.4 Å². The Labute approximate surface area is 113 Å². The first-order chi connectivity index (χ1) is 9.29. The Balaban J connectivity index is 2.41. The number of carbonyl (C=O) groups excluding carboxylic acids is 2. The number of carbonyl (C=O) groups is 2. The van der Waals surface area contributed by atoms with Crippen molar-refractivity contribution in [3.05, 3.63) is 35.4 Å². The molecule has 1 aliphatic carbocycles. The molecular formula is C14H13F3O3. The third-order valence-electron chi connectivity index (χ3n) is 3.41. The predicted molar refractivity (Wildman–Crippen MR) is 64.0 cm³/mol. The van der Waals surface area contributed by atoms with Gasteiger partial charge in [-0.3, -0.25) is 9.59 Å². The zero-order valence-electron chi connectivity index (χ0n) is 10.8. The molecule has 0 bridgehead atoms. The molecule has 0 unspecified atom stereocenters. The molecule has 0 spiro atoms. The van der Waals surface area contributed by atoms with Crippen LogP contribution >= 0.6 is 0 Å². The average molecular weight is 286 g/mol. The Morgan fingerprint density at radius 3 is 2.50 bits per heavy atom. The normalized spacial score (nSPS) is 17.5. The SMILES string of the molecule is CCOC(=O)C1(c2cccc(C(F)(F)F)c2)CC(=O)C1. The number of rotatable bonds is 3. The van der Waals surface area contributed by atoms with E-state index in [-0.39, 0.29) is 30.8 Å². The first-order valence-electron chi connectivity index (χ1n) is 6.16. The molecule has 0 atom stereocenters. The summed E-state index contributed by atoms with van der Waals surface area (Å²) in [4.78, 5) is 23.2. The van der Waals surface area contributed by atoms with Crippen LogP contribution in [0.5, 0.6) is 0 Å². The van der Waals surface area contributed by atoms with Crippen molar-refractivity contribution in [1.82, 2.24) is 0 Å². The van der Waals surface area contributed by atoms with Crippen LogP contribution in [0.3, 0.4) is 0 Å². The minimum absolute atomic E-state index is 0.104. The molecule has 1 fully saturated rings. The molecule has 1 aliphatic rings. The van der Waals surface area contributed by atoms with Gasteiger partial charge in [-0.1, -0.05) is 18.2 Å². The molecule has 0 N–H and O–H groups in total. The van der Waals surface area contributed by atoms with Gasteiger partial charge in [0.2, 0.25) is 0 Å². The minimum atomic E-state index is -4.49. The lowest BCUT2D eigenvalue weighted by molar-refractivity contribution is -0.158. The molecule has 0 saturated heterocycles. The van der Waals surface area contributed by atoms with Gasteiger partial charge < -0.3 is 4.74 Å². The molecule has 6 heteroatoms. The van der Waals surface area contributed by atoms with Gasteiger partial charge in [0, 0.05) is 12.8 Å². The van der Waals surface area contributed by atoms with Crippen molar-refractivity contribution in [1.29, 1.82) is 0 Å². The fourth-order valence-corrected chi connectivity index (χ4v) is 2.35. The maximum atomic E-state index is 12.7. The minimum Gasteiger partial charge on any atom is -0.465 e. The maximum absolute atomic E-state index is 12.7. The smallest absolute Gasteiger partial charge is 0.416 e. The van der Waals surface area contributed by atoms with E-state index in [0.29, 0.717) is 0 Å². The van der Waals surface area contributed by atoms with E-state index in [1.165, 1.54) is 12.1 Å². The molecule has 3 nitrogen and oxygen atoms in total. The molecule has 1 saturated carbocycles. The quantitative estimate of drug-likeness (QED) is 0.802. The highest BCUT2D eigenvalue weighted by Gasteiger charge is 2.52. The summed E-state index contributed by atoms with van der Waals surface area (Å²) < 4.78 is 43.1. The number of ketones is 1. The van der Waals surface area contributed by atoms with Gasteiger partial charge in [0.25, 0.3) is 0 Å². The number of alkyl halides is 3. The summed E-state index contributed by atoms with van der Waals surface area (Å²) in [6, 6.07) is 4.52. The fraction of sp³-hybridized carbons (Fsp3) is 0.429. The standard InChI is InChI=1S/C14H13F3O3/c1-2-20-12(19)13(7-11(18)8-13)9-4-3-5-10(6-9)14(15,16)17/h3-6H,2,7-8H2,1H3. The van der Waals surface area contributed by atoms with Crippen molar-refractivity contribution in [2.24, 2.45) is 0 Å². The van der Waals surface area contributed by atoms with Crippen LogP contribution in [0.15, 0.2) is 24.3 Å². The molecule has 108 valence electrons. The number of hydrogen-bond acceptors (Lipinski definition) is 3. The van der Waals surface area contributed by atoms with Crippen LogP contribution in [0.25, 0.3) is 0 Å². The van der Waals surface area contributed by atoms with E-state index in [1.807, 2.05) is 0 Å². The molecule has 0 radical (unpaired) electrons. The van der Waals surface area contributed by atoms with E-state index in [2.05, 4.69) is 0 Å². The van der Waals surface area contributed by atoms with Crippen LogP contribution in [0, 0.1) is 0 Å². The van der Waals surface area contributed by atoms with Crippen molar-refractivity contribution in [2.75, 3.05) is 6.61 Å². The highest BCUT2D eigenvalue weighted by molar-refractivity contribution is 6.02. The van der Waals surface area contributed by atoms with E-state index in [1.54, 1.807) is 6.92 Å². The summed E-state index contributed by atoms with van der Waals surface area (Å²) in [7, 11) is 0. The third-order valence-corrected chi connectivity index (χ3v) is 3.41. The number of ether oxygens (including phenoxy) is 1. The van der Waals surface area contributed by atoms with Crippen LogP contribution < -0.4 is 0 Å². The summed E-state index contributed by atoms with van der Waals surface area (Å²) in [5.74, 6) is -0.797. The van der Waals surface area contributed by atoms with Crippen molar-refractivity contribution in [3.8, 4) is 0 Å². The first-order valence-corrected chi connectivity index (χ1v) is 6.16. The molecule has 0 aromatic heterocycles. The topological polar surface area (TPSA) is 43.4 Å². The number of hydrogen-bond donors (Lipinski definition) is 0. The average Bonchev–Trinajstić information content (AvgIpc) is 2.34. The Morgan fingerprint density at radius 1 is 1.35 bits per heavy atom. The van der Waals surface area contributed by atoms with Gasteiger partial charge >= 0.3 is 12.1 Å². The molecule has 2 rings (SSSR count). The highest BCUT2D eigenvalue weighted by atomic mass is 19.4. The second-order valence-electron chi connectivity index (χ2n) is 4.77. The Hall–Kier alpha value is -1.85. The predicted octanol–water partition coefficient (Wildman–Crippen LogP) is 2.87. The van der Waals surface area contributed by atoms with E-state index in [4.69, 9.17) is 4.74 Å². The van der Waals surface area contributed by atoms with E-state index in [0.717, 1.165) is 12.1 Å². The molecule has 0 amide bonds. The fourth-order valence-electron chi connectivity index (χ4n) is 2.35. The van der Waals surface area contributed by atoms with Gasteiger partial charge in [-0.2, -0.15) is 13.2 Å². The molecular weight excluding hydrogens is 273 g/mol. The van der Waals surface area contributed by atoms with Gasteiger partial charge in [0.05, 0.1) is 12.2 Å². The van der Waals surface area contributed by atoms with Gasteiger partial charge in [-0.05, 0) is 18.6 Å². The van der Waals surface area contributed by atoms with Crippen LogP contribution in [-0.4, -0.2) is 18.4 Å². The van der Waals surface area contributed by atoms with Crippen LogP contribution in [0.2, 0.25) is 0 Å². The number of halogens is 3. The van der Waals surface area contributed by atoms with E-state index >= 15 is 0 Å². The second kappa shape index (κ2) is 4.92. The molecule has 1 aromatic carbocycles. The lowest BCUT2D eigenvalue weighted by Crippen LogP contribution is -2.49. The Bertz CT molecular complexity index is 541. The zero-order chi connectivity index (χ0) is 15.0. The van der Waals surface area contributed by atoms with Crippen LogP contribution in [0.1, 0.15) is 30.9 Å². The highest BCUT2D eigenvalue weighted by Crippen LogP contribution is 2.44. The van der Waals surface area contributed by atoms with Gasteiger partial charge in [0.1, 0.15) is 11.2 Å². The molecule has 0 aliphatic heterocycles. The van der Waals surface area contributed by atoms with Gasteiger partial charge in [-0.15, -0.1) is 0 Å². The first kappa shape index (κ1) is 14.6. The van der Waals surface area contributed by atoms with E-state index in [9.17, 15) is 22.8 Å². The summed E-state index contributed by atoms with van der Waals surface area (Å²) in [6.45, 7) is 1.73. The van der Waals surface area contributed by atoms with E-state index < -0.39 is 23.1 Å². The monoisotopic (exact) mass is 286 g/mol. The number of benzene rings is 1.